The molecule has 6 nitrogen and oxygen atoms in total. The lowest BCUT2D eigenvalue weighted by atomic mass is 10.2. The molecular weight excluding hydrogens is 361 g/mol. The number of nitrogens with one attached hydrogen (secondary N) is 1. The SMILES string of the molecule is CCCCOc1ccc(CNS(=O)(=O)c2cc(C(=O)O)ccc2F)cc1. The highest BCUT2D eigenvalue weighted by atomic mass is 32.2. The van der Waals surface area contributed by atoms with Gasteiger partial charge in [0.2, 0.25) is 10.0 Å². The molecule has 0 radical (unpaired) electrons. The van der Waals surface area contributed by atoms with E-state index in [0.29, 0.717) is 17.9 Å². The molecule has 0 fully saturated rings. The fourth-order valence-electron chi connectivity index (χ4n) is 2.14. The van der Waals surface area contributed by atoms with Crippen molar-refractivity contribution in [1.29, 1.82) is 0 Å². The third kappa shape index (κ3) is 5.27. The number of hydrogen-bond acceptors (Lipinski definition) is 4. The Balaban J connectivity index is 2.06. The van der Waals surface area contributed by atoms with Crippen LogP contribution in [-0.4, -0.2) is 26.1 Å². The summed E-state index contributed by atoms with van der Waals surface area (Å²) in [6.07, 6.45) is 1.97. The number of unbranched alkanes of at least 4 members (excludes halogenated alkanes) is 1. The molecule has 2 aromatic carbocycles. The molecule has 0 amide bonds. The van der Waals surface area contributed by atoms with Crippen molar-refractivity contribution in [2.45, 2.75) is 31.2 Å². The number of benzene rings is 2. The molecular formula is C18H20FNO5S. The van der Waals surface area contributed by atoms with Crippen molar-refractivity contribution in [2.24, 2.45) is 0 Å². The quantitative estimate of drug-likeness (QED) is 0.651. The van der Waals surface area contributed by atoms with Gasteiger partial charge < -0.3 is 9.84 Å². The van der Waals surface area contributed by atoms with Crippen molar-refractivity contribution in [3.63, 3.8) is 0 Å². The number of rotatable bonds is 9. The lowest BCUT2D eigenvalue weighted by Gasteiger charge is -2.10. The minimum absolute atomic E-state index is 0.0612. The Labute approximate surface area is 151 Å². The number of carboxylic acid groups (broad SMARTS) is 1. The molecule has 0 aliphatic rings. The Morgan fingerprint density at radius 2 is 1.88 bits per heavy atom. The Kier molecular flexibility index (Phi) is 6.70. The summed E-state index contributed by atoms with van der Waals surface area (Å²) in [6.45, 7) is 2.61. The first-order chi connectivity index (χ1) is 12.3. The molecule has 0 unspecified atom stereocenters. The van der Waals surface area contributed by atoms with Crippen molar-refractivity contribution in [1.82, 2.24) is 4.72 Å². The average molecular weight is 381 g/mol. The van der Waals surface area contributed by atoms with Gasteiger partial charge in [0.25, 0.3) is 0 Å². The lowest BCUT2D eigenvalue weighted by molar-refractivity contribution is 0.0696. The second-order valence-corrected chi connectivity index (χ2v) is 7.36. The minimum atomic E-state index is -4.19. The van der Waals surface area contributed by atoms with E-state index in [1.54, 1.807) is 24.3 Å². The van der Waals surface area contributed by atoms with Gasteiger partial charge in [0.05, 0.1) is 12.2 Å². The molecule has 0 saturated heterocycles. The molecule has 26 heavy (non-hydrogen) atoms. The van der Waals surface area contributed by atoms with E-state index in [2.05, 4.69) is 11.6 Å². The van der Waals surface area contributed by atoms with Crippen molar-refractivity contribution in [3.8, 4) is 5.75 Å². The van der Waals surface area contributed by atoms with E-state index in [1.807, 2.05) is 0 Å². The monoisotopic (exact) mass is 381 g/mol. The van der Waals surface area contributed by atoms with Crippen LogP contribution < -0.4 is 9.46 Å². The summed E-state index contributed by atoms with van der Waals surface area (Å²) in [6, 6.07) is 9.48. The summed E-state index contributed by atoms with van der Waals surface area (Å²) in [4.78, 5) is 10.3. The molecule has 0 spiro atoms. The minimum Gasteiger partial charge on any atom is -0.494 e. The Hall–Kier alpha value is -2.45. The van der Waals surface area contributed by atoms with Gasteiger partial charge in [-0.2, -0.15) is 0 Å². The summed E-state index contributed by atoms with van der Waals surface area (Å²) in [5.41, 5.74) is 0.353. The van der Waals surface area contributed by atoms with Gasteiger partial charge in [-0.3, -0.25) is 0 Å². The summed E-state index contributed by atoms with van der Waals surface area (Å²) in [7, 11) is -4.19. The molecule has 0 atom stereocenters. The predicted octanol–water partition coefficient (Wildman–Crippen LogP) is 3.18. The maximum Gasteiger partial charge on any atom is 0.335 e. The fourth-order valence-corrected chi connectivity index (χ4v) is 3.26. The van der Waals surface area contributed by atoms with Gasteiger partial charge in [-0.05, 0) is 42.3 Å². The summed E-state index contributed by atoms with van der Waals surface area (Å²) >= 11 is 0. The predicted molar refractivity (Wildman–Crippen MR) is 94.2 cm³/mol. The van der Waals surface area contributed by atoms with E-state index in [-0.39, 0.29) is 12.1 Å². The van der Waals surface area contributed by atoms with Crippen LogP contribution in [0.25, 0.3) is 0 Å². The number of sulfonamides is 1. The number of aromatic carboxylic acids is 1. The molecule has 0 aromatic heterocycles. The zero-order valence-corrected chi connectivity index (χ0v) is 15.1. The number of ether oxygens (including phenoxy) is 1. The maximum absolute atomic E-state index is 13.8. The number of hydrogen-bond donors (Lipinski definition) is 2. The van der Waals surface area contributed by atoms with Gasteiger partial charge in [-0.15, -0.1) is 0 Å². The Morgan fingerprint density at radius 1 is 1.19 bits per heavy atom. The topological polar surface area (TPSA) is 92.7 Å². The van der Waals surface area contributed by atoms with Crippen LogP contribution in [0.4, 0.5) is 4.39 Å². The van der Waals surface area contributed by atoms with Crippen molar-refractivity contribution < 1.29 is 27.4 Å². The standard InChI is InChI=1S/C18H20FNO5S/c1-2-3-10-25-15-7-4-13(5-8-15)12-20-26(23,24)17-11-14(18(21)22)6-9-16(17)19/h4-9,11,20H,2-3,10,12H2,1H3,(H,21,22). The van der Waals surface area contributed by atoms with Crippen LogP contribution in [0.5, 0.6) is 5.75 Å². The molecule has 8 heteroatoms. The van der Waals surface area contributed by atoms with E-state index < -0.39 is 26.7 Å². The van der Waals surface area contributed by atoms with Gasteiger partial charge in [0.1, 0.15) is 16.5 Å². The molecule has 140 valence electrons. The number of carboxylic acids is 1. The fraction of sp³-hybridized carbons (Fsp3) is 0.278. The van der Waals surface area contributed by atoms with Gasteiger partial charge in [0, 0.05) is 6.54 Å². The second kappa shape index (κ2) is 8.77. The molecule has 2 aromatic rings. The Bertz CT molecular complexity index is 866. The van der Waals surface area contributed by atoms with Crippen LogP contribution in [0.1, 0.15) is 35.7 Å². The van der Waals surface area contributed by atoms with Crippen molar-refractivity contribution in [3.05, 3.63) is 59.4 Å². The largest absolute Gasteiger partial charge is 0.494 e. The van der Waals surface area contributed by atoms with Gasteiger partial charge in [-0.1, -0.05) is 25.5 Å². The first kappa shape index (κ1) is 19.9. The summed E-state index contributed by atoms with van der Waals surface area (Å²) in [5.74, 6) is -1.66. The highest BCUT2D eigenvalue weighted by Gasteiger charge is 2.21. The van der Waals surface area contributed by atoms with E-state index in [0.717, 1.165) is 31.0 Å². The smallest absolute Gasteiger partial charge is 0.335 e. The highest BCUT2D eigenvalue weighted by Crippen LogP contribution is 2.18. The second-order valence-electron chi connectivity index (χ2n) is 5.62. The van der Waals surface area contributed by atoms with E-state index in [4.69, 9.17) is 9.84 Å². The van der Waals surface area contributed by atoms with Crippen LogP contribution >= 0.6 is 0 Å². The molecule has 2 N–H and O–H groups in total. The maximum atomic E-state index is 13.8. The number of carbonyl (C=O) groups is 1. The van der Waals surface area contributed by atoms with Crippen LogP contribution in [0.3, 0.4) is 0 Å². The average Bonchev–Trinajstić information content (AvgIpc) is 2.61. The van der Waals surface area contributed by atoms with Crippen molar-refractivity contribution >= 4 is 16.0 Å². The third-order valence-electron chi connectivity index (χ3n) is 3.62. The van der Waals surface area contributed by atoms with Gasteiger partial charge >= 0.3 is 5.97 Å². The molecule has 0 heterocycles. The van der Waals surface area contributed by atoms with Gasteiger partial charge in [0.15, 0.2) is 0 Å². The molecule has 2 rings (SSSR count). The molecule has 0 aliphatic heterocycles. The Morgan fingerprint density at radius 3 is 2.50 bits per heavy atom. The molecule has 0 saturated carbocycles. The third-order valence-corrected chi connectivity index (χ3v) is 5.04. The zero-order chi connectivity index (χ0) is 19.2. The normalized spacial score (nSPS) is 11.3. The zero-order valence-electron chi connectivity index (χ0n) is 14.2. The van der Waals surface area contributed by atoms with Crippen molar-refractivity contribution in [2.75, 3.05) is 6.61 Å². The van der Waals surface area contributed by atoms with E-state index >= 15 is 0 Å². The van der Waals surface area contributed by atoms with E-state index in [9.17, 15) is 17.6 Å². The summed E-state index contributed by atoms with van der Waals surface area (Å²) < 4.78 is 46.2. The number of halogens is 1. The first-order valence-electron chi connectivity index (χ1n) is 8.07. The van der Waals surface area contributed by atoms with Crippen LogP contribution in [0.15, 0.2) is 47.4 Å². The van der Waals surface area contributed by atoms with Gasteiger partial charge in [-0.25, -0.2) is 22.3 Å². The highest BCUT2D eigenvalue weighted by molar-refractivity contribution is 7.89. The van der Waals surface area contributed by atoms with Crippen LogP contribution in [0, 0.1) is 5.82 Å². The first-order valence-corrected chi connectivity index (χ1v) is 9.56. The molecule has 0 bridgehead atoms. The summed E-state index contributed by atoms with van der Waals surface area (Å²) in [5, 5.41) is 8.93. The molecule has 0 aliphatic carbocycles. The van der Waals surface area contributed by atoms with E-state index in [1.165, 1.54) is 0 Å². The lowest BCUT2D eigenvalue weighted by Crippen LogP contribution is -2.24. The van der Waals surface area contributed by atoms with Crippen LogP contribution in [-0.2, 0) is 16.6 Å². The van der Waals surface area contributed by atoms with Crippen LogP contribution in [0.2, 0.25) is 0 Å².